The van der Waals surface area contributed by atoms with Gasteiger partial charge in [0.15, 0.2) is 0 Å². The molecule has 0 radical (unpaired) electrons. The van der Waals surface area contributed by atoms with Crippen LogP contribution in [0.1, 0.15) is 21.6 Å². The monoisotopic (exact) mass is 260 g/mol. The molecule has 1 aromatic heterocycles. The third-order valence-corrected chi connectivity index (χ3v) is 3.11. The second-order valence-corrected chi connectivity index (χ2v) is 4.15. The fraction of sp³-hybridized carbons (Fsp3) is 0.0769. The van der Waals surface area contributed by atoms with E-state index in [0.29, 0.717) is 22.5 Å². The number of carboxylic acid groups (broad SMARTS) is 1. The molecular weight excluding hydrogens is 252 g/mol. The number of carboxylic acids is 1. The standard InChI is InChI=1S/C13H9ClN2O2/c1-7-11(14)10(13(17)18)12(16-7)9-5-3-2-4-8(9)6-15/h2-5,16H,1H3,(H,17,18). The Balaban J connectivity index is 2.76. The molecule has 0 spiro atoms. The second-order valence-electron chi connectivity index (χ2n) is 3.78. The van der Waals surface area contributed by atoms with E-state index in [4.69, 9.17) is 16.9 Å². The van der Waals surface area contributed by atoms with E-state index in [9.17, 15) is 9.90 Å². The molecule has 2 aromatic rings. The molecule has 0 aliphatic rings. The Morgan fingerprint density at radius 2 is 2.11 bits per heavy atom. The van der Waals surface area contributed by atoms with Crippen molar-refractivity contribution >= 4 is 17.6 Å². The molecule has 0 unspecified atom stereocenters. The van der Waals surface area contributed by atoms with Crippen molar-refractivity contribution in [1.82, 2.24) is 4.98 Å². The van der Waals surface area contributed by atoms with Crippen molar-refractivity contribution < 1.29 is 9.90 Å². The van der Waals surface area contributed by atoms with Crippen LogP contribution in [0.5, 0.6) is 0 Å². The van der Waals surface area contributed by atoms with Gasteiger partial charge in [-0.05, 0) is 13.0 Å². The van der Waals surface area contributed by atoms with Crippen LogP contribution >= 0.6 is 11.6 Å². The van der Waals surface area contributed by atoms with E-state index in [1.54, 1.807) is 31.2 Å². The van der Waals surface area contributed by atoms with Crippen LogP contribution in [-0.4, -0.2) is 16.1 Å². The summed E-state index contributed by atoms with van der Waals surface area (Å²) in [4.78, 5) is 14.2. The lowest BCUT2D eigenvalue weighted by Crippen LogP contribution is -1.98. The highest BCUT2D eigenvalue weighted by molar-refractivity contribution is 6.35. The van der Waals surface area contributed by atoms with Crippen LogP contribution in [0.25, 0.3) is 11.3 Å². The van der Waals surface area contributed by atoms with Gasteiger partial charge >= 0.3 is 5.97 Å². The van der Waals surface area contributed by atoms with E-state index in [-0.39, 0.29) is 10.6 Å². The van der Waals surface area contributed by atoms with Crippen molar-refractivity contribution in [2.24, 2.45) is 0 Å². The molecule has 1 heterocycles. The lowest BCUT2D eigenvalue weighted by molar-refractivity contribution is 0.0698. The van der Waals surface area contributed by atoms with E-state index in [0.717, 1.165) is 0 Å². The van der Waals surface area contributed by atoms with Crippen molar-refractivity contribution in [1.29, 1.82) is 5.26 Å². The molecular formula is C13H9ClN2O2. The van der Waals surface area contributed by atoms with Crippen molar-refractivity contribution in [3.05, 3.63) is 46.1 Å². The molecule has 0 aliphatic heterocycles. The maximum atomic E-state index is 11.2. The van der Waals surface area contributed by atoms with Gasteiger partial charge in [-0.1, -0.05) is 29.8 Å². The number of hydrogen-bond acceptors (Lipinski definition) is 2. The highest BCUT2D eigenvalue weighted by Crippen LogP contribution is 2.33. The largest absolute Gasteiger partial charge is 0.478 e. The van der Waals surface area contributed by atoms with Crippen LogP contribution in [0.3, 0.4) is 0 Å². The topological polar surface area (TPSA) is 76.9 Å². The zero-order chi connectivity index (χ0) is 13.3. The summed E-state index contributed by atoms with van der Waals surface area (Å²) in [6.07, 6.45) is 0. The number of aryl methyl sites for hydroxylation is 1. The molecule has 0 fully saturated rings. The summed E-state index contributed by atoms with van der Waals surface area (Å²) in [5.74, 6) is -1.12. The number of rotatable bonds is 2. The first-order valence-electron chi connectivity index (χ1n) is 5.17. The third-order valence-electron chi connectivity index (χ3n) is 2.64. The molecule has 0 bridgehead atoms. The Morgan fingerprint density at radius 3 is 2.72 bits per heavy atom. The number of H-pyrrole nitrogens is 1. The minimum absolute atomic E-state index is 0.00290. The van der Waals surface area contributed by atoms with Gasteiger partial charge in [0, 0.05) is 11.3 Å². The van der Waals surface area contributed by atoms with Gasteiger partial charge in [0.1, 0.15) is 5.56 Å². The molecule has 18 heavy (non-hydrogen) atoms. The van der Waals surface area contributed by atoms with Crippen LogP contribution in [0.4, 0.5) is 0 Å². The molecule has 0 amide bonds. The Kier molecular flexibility index (Phi) is 3.09. The summed E-state index contributed by atoms with van der Waals surface area (Å²) in [6, 6.07) is 8.81. The average molecular weight is 261 g/mol. The Hall–Kier alpha value is -2.25. The normalized spacial score (nSPS) is 10.1. The number of nitrogens with one attached hydrogen (secondary N) is 1. The predicted octanol–water partition coefficient (Wildman–Crippen LogP) is 3.21. The molecule has 2 N–H and O–H groups in total. The number of aromatic nitrogens is 1. The lowest BCUT2D eigenvalue weighted by atomic mass is 10.0. The second kappa shape index (κ2) is 4.55. The molecule has 1 aromatic carbocycles. The van der Waals surface area contributed by atoms with Crippen molar-refractivity contribution in [2.45, 2.75) is 6.92 Å². The van der Waals surface area contributed by atoms with Crippen molar-refractivity contribution in [3.63, 3.8) is 0 Å². The first-order chi connectivity index (χ1) is 8.56. The minimum atomic E-state index is -1.12. The summed E-state index contributed by atoms with van der Waals surface area (Å²) >= 11 is 5.96. The minimum Gasteiger partial charge on any atom is -0.478 e. The fourth-order valence-electron chi connectivity index (χ4n) is 1.80. The molecule has 90 valence electrons. The van der Waals surface area contributed by atoms with Crippen LogP contribution in [0, 0.1) is 18.3 Å². The lowest BCUT2D eigenvalue weighted by Gasteiger charge is -2.03. The summed E-state index contributed by atoms with van der Waals surface area (Å²) in [6.45, 7) is 1.69. The van der Waals surface area contributed by atoms with E-state index < -0.39 is 5.97 Å². The van der Waals surface area contributed by atoms with Gasteiger partial charge in [-0.3, -0.25) is 0 Å². The number of aromatic amines is 1. The van der Waals surface area contributed by atoms with Crippen LogP contribution in [0.2, 0.25) is 5.02 Å². The molecule has 4 nitrogen and oxygen atoms in total. The zero-order valence-electron chi connectivity index (χ0n) is 9.49. The molecule has 5 heteroatoms. The maximum Gasteiger partial charge on any atom is 0.339 e. The van der Waals surface area contributed by atoms with E-state index in [2.05, 4.69) is 4.98 Å². The Morgan fingerprint density at radius 1 is 1.44 bits per heavy atom. The predicted molar refractivity (Wildman–Crippen MR) is 67.7 cm³/mol. The van der Waals surface area contributed by atoms with E-state index in [1.807, 2.05) is 6.07 Å². The van der Waals surface area contributed by atoms with Gasteiger partial charge < -0.3 is 10.1 Å². The number of aromatic carboxylic acids is 1. The summed E-state index contributed by atoms with van der Waals surface area (Å²) in [5.41, 5.74) is 1.86. The molecule has 0 saturated heterocycles. The highest BCUT2D eigenvalue weighted by atomic mass is 35.5. The van der Waals surface area contributed by atoms with Gasteiger partial charge in [0.2, 0.25) is 0 Å². The van der Waals surface area contributed by atoms with E-state index in [1.165, 1.54) is 0 Å². The molecule has 2 rings (SSSR count). The van der Waals surface area contributed by atoms with Crippen molar-refractivity contribution in [2.75, 3.05) is 0 Å². The average Bonchev–Trinajstić information content (AvgIpc) is 2.65. The smallest absolute Gasteiger partial charge is 0.339 e. The van der Waals surface area contributed by atoms with Crippen molar-refractivity contribution in [3.8, 4) is 17.3 Å². The number of benzene rings is 1. The highest BCUT2D eigenvalue weighted by Gasteiger charge is 2.22. The zero-order valence-corrected chi connectivity index (χ0v) is 10.2. The number of halogens is 1. The SMILES string of the molecule is Cc1[nH]c(-c2ccccc2C#N)c(C(=O)O)c1Cl. The summed E-state index contributed by atoms with van der Waals surface area (Å²) in [7, 11) is 0. The van der Waals surface area contributed by atoms with Crippen LogP contribution < -0.4 is 0 Å². The maximum absolute atomic E-state index is 11.2. The molecule has 0 atom stereocenters. The van der Waals surface area contributed by atoms with Gasteiger partial charge in [0.25, 0.3) is 0 Å². The third kappa shape index (κ3) is 1.85. The quantitative estimate of drug-likeness (QED) is 0.870. The summed E-state index contributed by atoms with van der Waals surface area (Å²) < 4.78 is 0. The fourth-order valence-corrected chi connectivity index (χ4v) is 2.03. The van der Waals surface area contributed by atoms with E-state index >= 15 is 0 Å². The van der Waals surface area contributed by atoms with Crippen LogP contribution in [0.15, 0.2) is 24.3 Å². The Labute approximate surface area is 108 Å². The first-order valence-corrected chi connectivity index (χ1v) is 5.55. The number of nitriles is 1. The number of carbonyl (C=O) groups is 1. The molecule has 0 aliphatic carbocycles. The van der Waals surface area contributed by atoms with Crippen LogP contribution in [-0.2, 0) is 0 Å². The first kappa shape index (κ1) is 12.2. The molecule has 0 saturated carbocycles. The number of nitrogens with zero attached hydrogens (tertiary/aromatic N) is 1. The Bertz CT molecular complexity index is 668. The van der Waals surface area contributed by atoms with Gasteiger partial charge in [-0.25, -0.2) is 4.79 Å². The van der Waals surface area contributed by atoms with Gasteiger partial charge in [0.05, 0.1) is 22.3 Å². The summed E-state index contributed by atoms with van der Waals surface area (Å²) in [5, 5.41) is 18.4. The number of hydrogen-bond donors (Lipinski definition) is 2. The van der Waals surface area contributed by atoms with Gasteiger partial charge in [-0.2, -0.15) is 5.26 Å². The van der Waals surface area contributed by atoms with Gasteiger partial charge in [-0.15, -0.1) is 0 Å².